The lowest BCUT2D eigenvalue weighted by Crippen LogP contribution is -2.33. The first kappa shape index (κ1) is 19.9. The van der Waals surface area contributed by atoms with Crippen molar-refractivity contribution in [3.8, 4) is 5.75 Å². The van der Waals surface area contributed by atoms with Crippen LogP contribution in [0.25, 0.3) is 0 Å². The lowest BCUT2D eigenvalue weighted by molar-refractivity contribution is 0.242. The zero-order valence-corrected chi connectivity index (χ0v) is 17.2. The van der Waals surface area contributed by atoms with E-state index in [1.165, 1.54) is 4.88 Å². The Morgan fingerprint density at radius 1 is 1.21 bits per heavy atom. The summed E-state index contributed by atoms with van der Waals surface area (Å²) in [5.74, 6) is 1.63. The van der Waals surface area contributed by atoms with E-state index >= 15 is 0 Å². The average molecular weight is 398 g/mol. The number of hydrogen-bond donors (Lipinski definition) is 2. The molecule has 0 saturated heterocycles. The Hall–Kier alpha value is -2.80. The highest BCUT2D eigenvalue weighted by Gasteiger charge is 2.03. The number of thiophene rings is 1. The number of benzene rings is 1. The molecular formula is C21H27N5OS. The Kier molecular flexibility index (Phi) is 7.49. The molecule has 2 N–H and O–H groups in total. The fourth-order valence-electron chi connectivity index (χ4n) is 2.62. The number of anilines is 1. The maximum absolute atomic E-state index is 5.70. The zero-order valence-electron chi connectivity index (χ0n) is 16.3. The summed E-state index contributed by atoms with van der Waals surface area (Å²) in [5, 5.41) is 13.1. The molecule has 0 amide bonds. The summed E-state index contributed by atoms with van der Waals surface area (Å²) < 4.78 is 7.60. The SMILES string of the molecule is CC(C)Oc1ccc(NC(=NCCc2cccs2)NCCn2cccn2)cc1. The van der Waals surface area contributed by atoms with Gasteiger partial charge in [-0.05, 0) is 55.6 Å². The van der Waals surface area contributed by atoms with Crippen LogP contribution < -0.4 is 15.4 Å². The summed E-state index contributed by atoms with van der Waals surface area (Å²) in [6, 6.07) is 14.1. The third-order valence-electron chi connectivity index (χ3n) is 3.89. The van der Waals surface area contributed by atoms with Crippen LogP contribution >= 0.6 is 11.3 Å². The molecule has 3 aromatic rings. The summed E-state index contributed by atoms with van der Waals surface area (Å²) in [6.45, 7) is 6.29. The molecule has 2 heterocycles. The van der Waals surface area contributed by atoms with Crippen LogP contribution in [0.4, 0.5) is 5.69 Å². The predicted octanol–water partition coefficient (Wildman–Crippen LogP) is 4.03. The molecular weight excluding hydrogens is 370 g/mol. The van der Waals surface area contributed by atoms with Crippen molar-refractivity contribution in [3.63, 3.8) is 0 Å². The molecule has 1 aromatic carbocycles. The van der Waals surface area contributed by atoms with Gasteiger partial charge in [0.2, 0.25) is 0 Å². The van der Waals surface area contributed by atoms with Gasteiger partial charge in [-0.2, -0.15) is 5.10 Å². The number of aliphatic imine (C=N–C) groups is 1. The maximum atomic E-state index is 5.70. The molecule has 0 aliphatic rings. The summed E-state index contributed by atoms with van der Waals surface area (Å²) in [7, 11) is 0. The van der Waals surface area contributed by atoms with Crippen LogP contribution in [0.5, 0.6) is 5.75 Å². The van der Waals surface area contributed by atoms with Crippen molar-refractivity contribution in [3.05, 3.63) is 65.1 Å². The van der Waals surface area contributed by atoms with Gasteiger partial charge in [0.05, 0.1) is 12.6 Å². The number of rotatable bonds is 9. The Labute approximate surface area is 170 Å². The van der Waals surface area contributed by atoms with Gasteiger partial charge < -0.3 is 15.4 Å². The van der Waals surface area contributed by atoms with Crippen LogP contribution in [0, 0.1) is 0 Å². The lowest BCUT2D eigenvalue weighted by atomic mass is 10.3. The van der Waals surface area contributed by atoms with Crippen molar-refractivity contribution in [1.82, 2.24) is 15.1 Å². The van der Waals surface area contributed by atoms with Crippen LogP contribution in [0.3, 0.4) is 0 Å². The fourth-order valence-corrected chi connectivity index (χ4v) is 3.32. The van der Waals surface area contributed by atoms with Crippen molar-refractivity contribution in [2.75, 3.05) is 18.4 Å². The minimum Gasteiger partial charge on any atom is -0.491 e. The van der Waals surface area contributed by atoms with Crippen LogP contribution in [0.2, 0.25) is 0 Å². The van der Waals surface area contributed by atoms with E-state index in [1.54, 1.807) is 17.5 Å². The Morgan fingerprint density at radius 2 is 2.07 bits per heavy atom. The Bertz CT molecular complexity index is 826. The summed E-state index contributed by atoms with van der Waals surface area (Å²) in [5.41, 5.74) is 0.970. The number of nitrogens with zero attached hydrogens (tertiary/aromatic N) is 3. The first-order valence-electron chi connectivity index (χ1n) is 9.51. The van der Waals surface area contributed by atoms with E-state index in [9.17, 15) is 0 Å². The molecule has 2 aromatic heterocycles. The van der Waals surface area contributed by atoms with E-state index in [-0.39, 0.29) is 6.10 Å². The number of ether oxygens (including phenoxy) is 1. The van der Waals surface area contributed by atoms with Gasteiger partial charge in [-0.3, -0.25) is 9.67 Å². The first-order valence-corrected chi connectivity index (χ1v) is 10.4. The van der Waals surface area contributed by atoms with Crippen molar-refractivity contribution >= 4 is 23.0 Å². The normalized spacial score (nSPS) is 11.6. The third kappa shape index (κ3) is 6.74. The fraction of sp³-hybridized carbons (Fsp3) is 0.333. The summed E-state index contributed by atoms with van der Waals surface area (Å²) in [4.78, 5) is 6.07. The van der Waals surface area contributed by atoms with Gasteiger partial charge >= 0.3 is 0 Å². The molecule has 0 spiro atoms. The molecule has 3 rings (SSSR count). The van der Waals surface area contributed by atoms with Gasteiger partial charge in [0, 0.05) is 42.5 Å². The highest BCUT2D eigenvalue weighted by Crippen LogP contribution is 2.17. The number of nitrogens with one attached hydrogen (secondary N) is 2. The molecule has 0 bridgehead atoms. The van der Waals surface area contributed by atoms with Crippen LogP contribution in [-0.2, 0) is 13.0 Å². The second-order valence-electron chi connectivity index (χ2n) is 6.57. The number of guanidine groups is 1. The van der Waals surface area contributed by atoms with E-state index in [0.29, 0.717) is 0 Å². The van der Waals surface area contributed by atoms with Gasteiger partial charge in [0.25, 0.3) is 0 Å². The van der Waals surface area contributed by atoms with Crippen molar-refractivity contribution in [2.24, 2.45) is 4.99 Å². The van der Waals surface area contributed by atoms with Crippen molar-refractivity contribution < 1.29 is 4.74 Å². The largest absolute Gasteiger partial charge is 0.491 e. The predicted molar refractivity (Wildman–Crippen MR) is 116 cm³/mol. The van der Waals surface area contributed by atoms with Crippen LogP contribution in [0.15, 0.2) is 65.2 Å². The summed E-state index contributed by atoms with van der Waals surface area (Å²) >= 11 is 1.77. The van der Waals surface area contributed by atoms with Gasteiger partial charge in [0.15, 0.2) is 5.96 Å². The highest BCUT2D eigenvalue weighted by atomic mass is 32.1. The van der Waals surface area contributed by atoms with Gasteiger partial charge in [-0.25, -0.2) is 0 Å². The maximum Gasteiger partial charge on any atom is 0.195 e. The molecule has 0 radical (unpaired) electrons. The molecule has 28 heavy (non-hydrogen) atoms. The average Bonchev–Trinajstić information content (AvgIpc) is 3.37. The van der Waals surface area contributed by atoms with Gasteiger partial charge in [-0.15, -0.1) is 11.3 Å². The molecule has 0 atom stereocenters. The zero-order chi connectivity index (χ0) is 19.6. The van der Waals surface area contributed by atoms with Crippen molar-refractivity contribution in [2.45, 2.75) is 32.9 Å². The molecule has 0 saturated carbocycles. The molecule has 0 fully saturated rings. The highest BCUT2D eigenvalue weighted by molar-refractivity contribution is 7.09. The molecule has 7 heteroatoms. The van der Waals surface area contributed by atoms with E-state index in [2.05, 4.69) is 33.2 Å². The standard InChI is InChI=1S/C21H27N5OS/c1-17(2)27-19-8-6-18(7-9-19)25-21(22-12-10-20-5-3-16-28-20)23-13-15-26-14-4-11-24-26/h3-9,11,14,16-17H,10,12-13,15H2,1-2H3,(H2,22,23,25). The Balaban J connectivity index is 1.58. The smallest absolute Gasteiger partial charge is 0.195 e. The van der Waals surface area contributed by atoms with Crippen LogP contribution in [-0.4, -0.2) is 34.9 Å². The molecule has 6 nitrogen and oxygen atoms in total. The van der Waals surface area contributed by atoms with E-state index in [0.717, 1.165) is 43.5 Å². The monoisotopic (exact) mass is 397 g/mol. The second-order valence-corrected chi connectivity index (χ2v) is 7.60. The molecule has 0 aliphatic heterocycles. The minimum absolute atomic E-state index is 0.164. The first-order chi connectivity index (χ1) is 13.7. The molecule has 0 unspecified atom stereocenters. The minimum atomic E-state index is 0.164. The second kappa shape index (κ2) is 10.5. The van der Waals surface area contributed by atoms with Gasteiger partial charge in [-0.1, -0.05) is 6.07 Å². The summed E-state index contributed by atoms with van der Waals surface area (Å²) in [6.07, 6.45) is 4.84. The van der Waals surface area contributed by atoms with E-state index in [1.807, 2.05) is 55.1 Å². The number of aromatic nitrogens is 2. The molecule has 0 aliphatic carbocycles. The molecule has 148 valence electrons. The third-order valence-corrected chi connectivity index (χ3v) is 4.83. The Morgan fingerprint density at radius 3 is 2.75 bits per heavy atom. The van der Waals surface area contributed by atoms with Crippen LogP contribution in [0.1, 0.15) is 18.7 Å². The lowest BCUT2D eigenvalue weighted by Gasteiger charge is -2.14. The van der Waals surface area contributed by atoms with Crippen molar-refractivity contribution in [1.29, 1.82) is 0 Å². The van der Waals surface area contributed by atoms with E-state index in [4.69, 9.17) is 9.73 Å². The van der Waals surface area contributed by atoms with E-state index < -0.39 is 0 Å². The topological polar surface area (TPSA) is 63.5 Å². The quantitative estimate of drug-likeness (QED) is 0.423. The number of hydrogen-bond acceptors (Lipinski definition) is 4. The van der Waals surface area contributed by atoms with Gasteiger partial charge in [0.1, 0.15) is 5.75 Å².